The van der Waals surface area contributed by atoms with Crippen LogP contribution in [-0.2, 0) is 14.8 Å². The van der Waals surface area contributed by atoms with Crippen molar-refractivity contribution in [1.29, 1.82) is 5.26 Å². The molecule has 1 aliphatic rings. The first-order valence-corrected chi connectivity index (χ1v) is 9.96. The molecular formula is C17H20N6O3S. The van der Waals surface area contributed by atoms with Gasteiger partial charge >= 0.3 is 0 Å². The summed E-state index contributed by atoms with van der Waals surface area (Å²) in [5, 5.41) is 20.1. The summed E-state index contributed by atoms with van der Waals surface area (Å²) >= 11 is 0. The van der Waals surface area contributed by atoms with Gasteiger partial charge < -0.3 is 15.0 Å². The van der Waals surface area contributed by atoms with Crippen LogP contribution >= 0.6 is 0 Å². The zero-order chi connectivity index (χ0) is 19.1. The van der Waals surface area contributed by atoms with Crippen LogP contribution in [0.1, 0.15) is 5.56 Å². The summed E-state index contributed by atoms with van der Waals surface area (Å²) in [4.78, 5) is 2.13. The quantitative estimate of drug-likeness (QED) is 0.661. The number of benzene rings is 1. The Morgan fingerprint density at radius 1 is 1.22 bits per heavy atom. The van der Waals surface area contributed by atoms with Crippen LogP contribution in [0.2, 0.25) is 0 Å². The second-order valence-corrected chi connectivity index (χ2v) is 7.57. The number of rotatable bonds is 7. The van der Waals surface area contributed by atoms with E-state index in [0.29, 0.717) is 25.6 Å². The fourth-order valence-corrected chi connectivity index (χ4v) is 3.87. The maximum Gasteiger partial charge on any atom is 0.241 e. The molecule has 9 nitrogen and oxygen atoms in total. The largest absolute Gasteiger partial charge is 0.378 e. The lowest BCUT2D eigenvalue weighted by atomic mass is 10.2. The molecule has 0 amide bonds. The van der Waals surface area contributed by atoms with E-state index >= 15 is 0 Å². The van der Waals surface area contributed by atoms with Crippen LogP contribution < -0.4 is 14.9 Å². The number of nitrogens with zero attached hydrogens (tertiary/aromatic N) is 4. The third kappa shape index (κ3) is 4.91. The lowest BCUT2D eigenvalue weighted by Gasteiger charge is -2.28. The van der Waals surface area contributed by atoms with Crippen LogP contribution in [0.5, 0.6) is 0 Å². The lowest BCUT2D eigenvalue weighted by molar-refractivity contribution is 0.122. The highest BCUT2D eigenvalue weighted by atomic mass is 32.2. The Labute approximate surface area is 158 Å². The van der Waals surface area contributed by atoms with Crippen molar-refractivity contribution in [3.8, 4) is 6.07 Å². The van der Waals surface area contributed by atoms with Crippen LogP contribution in [0.15, 0.2) is 41.4 Å². The molecular weight excluding hydrogens is 368 g/mol. The van der Waals surface area contributed by atoms with Crippen molar-refractivity contribution in [1.82, 2.24) is 14.9 Å². The van der Waals surface area contributed by atoms with Crippen LogP contribution in [0.3, 0.4) is 0 Å². The Morgan fingerprint density at radius 2 is 2.00 bits per heavy atom. The molecule has 3 rings (SSSR count). The van der Waals surface area contributed by atoms with Gasteiger partial charge in [-0.15, -0.1) is 5.10 Å². The van der Waals surface area contributed by atoms with Crippen molar-refractivity contribution in [2.75, 3.05) is 49.6 Å². The third-order valence-electron chi connectivity index (χ3n) is 4.04. The fourth-order valence-electron chi connectivity index (χ4n) is 2.68. The Hall–Kier alpha value is -2.74. The van der Waals surface area contributed by atoms with Crippen molar-refractivity contribution in [3.05, 3.63) is 42.1 Å². The topological polar surface area (TPSA) is 120 Å². The molecule has 2 heterocycles. The van der Waals surface area contributed by atoms with Gasteiger partial charge in [0.25, 0.3) is 0 Å². The van der Waals surface area contributed by atoms with E-state index in [4.69, 9.17) is 10.00 Å². The van der Waals surface area contributed by atoms with Crippen LogP contribution in [0.4, 0.5) is 11.5 Å². The van der Waals surface area contributed by atoms with Gasteiger partial charge in [0, 0.05) is 32.2 Å². The van der Waals surface area contributed by atoms with E-state index in [1.54, 1.807) is 18.3 Å². The summed E-state index contributed by atoms with van der Waals surface area (Å²) in [6.45, 7) is 3.42. The van der Waals surface area contributed by atoms with E-state index in [-0.39, 0.29) is 17.0 Å². The van der Waals surface area contributed by atoms with Gasteiger partial charge in [0.1, 0.15) is 6.07 Å². The molecule has 2 N–H and O–H groups in total. The average Bonchev–Trinajstić information content (AvgIpc) is 2.72. The predicted molar refractivity (Wildman–Crippen MR) is 99.9 cm³/mol. The lowest BCUT2D eigenvalue weighted by Crippen LogP contribution is -2.36. The van der Waals surface area contributed by atoms with E-state index in [1.807, 2.05) is 12.1 Å². The molecule has 0 spiro atoms. The van der Waals surface area contributed by atoms with Gasteiger partial charge in [-0.25, -0.2) is 13.1 Å². The van der Waals surface area contributed by atoms with Crippen molar-refractivity contribution in [2.24, 2.45) is 0 Å². The number of anilines is 2. The van der Waals surface area contributed by atoms with Crippen molar-refractivity contribution in [2.45, 2.75) is 4.90 Å². The first-order valence-electron chi connectivity index (χ1n) is 8.48. The summed E-state index contributed by atoms with van der Waals surface area (Å²) < 4.78 is 32.5. The number of nitrogens with one attached hydrogen (secondary N) is 2. The first kappa shape index (κ1) is 19.0. The molecule has 0 aliphatic carbocycles. The second kappa shape index (κ2) is 8.77. The molecule has 0 unspecified atom stereocenters. The monoisotopic (exact) mass is 388 g/mol. The molecule has 1 aromatic carbocycles. The fraction of sp³-hybridized carbons (Fsp3) is 0.353. The van der Waals surface area contributed by atoms with Crippen molar-refractivity contribution >= 4 is 21.5 Å². The predicted octanol–water partition coefficient (Wildman–Crippen LogP) is 0.575. The minimum Gasteiger partial charge on any atom is -0.378 e. The van der Waals surface area contributed by atoms with Gasteiger partial charge in [-0.3, -0.25) is 0 Å². The van der Waals surface area contributed by atoms with Crippen LogP contribution in [0, 0.1) is 11.3 Å². The SMILES string of the molecule is N#Cc1ccccc1S(=O)(=O)NCCNc1cc(N2CCOCC2)cnn1. The van der Waals surface area contributed by atoms with Crippen molar-refractivity contribution < 1.29 is 13.2 Å². The summed E-state index contributed by atoms with van der Waals surface area (Å²) in [6, 6.07) is 9.85. The minimum absolute atomic E-state index is 0.0263. The Balaban J connectivity index is 1.55. The highest BCUT2D eigenvalue weighted by Gasteiger charge is 2.17. The van der Waals surface area contributed by atoms with Gasteiger partial charge in [-0.2, -0.15) is 10.4 Å². The third-order valence-corrected chi connectivity index (χ3v) is 5.56. The smallest absolute Gasteiger partial charge is 0.241 e. The molecule has 1 aromatic heterocycles. The zero-order valence-electron chi connectivity index (χ0n) is 14.6. The zero-order valence-corrected chi connectivity index (χ0v) is 15.4. The van der Waals surface area contributed by atoms with E-state index in [2.05, 4.69) is 25.1 Å². The van der Waals surface area contributed by atoms with Gasteiger partial charge in [-0.05, 0) is 12.1 Å². The molecule has 10 heteroatoms. The number of hydrogen-bond acceptors (Lipinski definition) is 8. The summed E-state index contributed by atoms with van der Waals surface area (Å²) in [7, 11) is -3.75. The molecule has 27 heavy (non-hydrogen) atoms. The van der Waals surface area contributed by atoms with Gasteiger partial charge in [0.05, 0.1) is 35.6 Å². The van der Waals surface area contributed by atoms with E-state index in [9.17, 15) is 8.42 Å². The number of nitriles is 1. The Morgan fingerprint density at radius 3 is 2.78 bits per heavy atom. The minimum atomic E-state index is -3.75. The normalized spacial score (nSPS) is 14.6. The maximum atomic E-state index is 12.3. The van der Waals surface area contributed by atoms with Crippen LogP contribution in [0.25, 0.3) is 0 Å². The first-order chi connectivity index (χ1) is 13.1. The average molecular weight is 388 g/mol. The molecule has 0 radical (unpaired) electrons. The Kier molecular flexibility index (Phi) is 6.18. The van der Waals surface area contributed by atoms with E-state index in [0.717, 1.165) is 18.8 Å². The Bertz CT molecular complexity index is 922. The number of aromatic nitrogens is 2. The molecule has 1 fully saturated rings. The number of morpholine rings is 1. The summed E-state index contributed by atoms with van der Waals surface area (Å²) in [6.07, 6.45) is 1.69. The van der Waals surface area contributed by atoms with Crippen LogP contribution in [-0.4, -0.2) is 58.0 Å². The summed E-state index contributed by atoms with van der Waals surface area (Å²) in [5.41, 5.74) is 1.06. The van der Waals surface area contributed by atoms with Gasteiger partial charge in [0.15, 0.2) is 5.82 Å². The highest BCUT2D eigenvalue weighted by molar-refractivity contribution is 7.89. The number of ether oxygens (including phenoxy) is 1. The molecule has 0 bridgehead atoms. The van der Waals surface area contributed by atoms with Gasteiger partial charge in [0.2, 0.25) is 10.0 Å². The molecule has 0 saturated carbocycles. The highest BCUT2D eigenvalue weighted by Crippen LogP contribution is 2.17. The van der Waals surface area contributed by atoms with E-state index in [1.165, 1.54) is 12.1 Å². The van der Waals surface area contributed by atoms with E-state index < -0.39 is 10.0 Å². The van der Waals surface area contributed by atoms with Crippen molar-refractivity contribution in [3.63, 3.8) is 0 Å². The second-order valence-electron chi connectivity index (χ2n) is 5.83. The molecule has 2 aromatic rings. The molecule has 142 valence electrons. The van der Waals surface area contributed by atoms with Gasteiger partial charge in [-0.1, -0.05) is 12.1 Å². The number of hydrogen-bond donors (Lipinski definition) is 2. The number of sulfonamides is 1. The molecule has 0 atom stereocenters. The molecule has 1 aliphatic heterocycles. The summed E-state index contributed by atoms with van der Waals surface area (Å²) in [5.74, 6) is 0.565. The maximum absolute atomic E-state index is 12.3. The molecule has 1 saturated heterocycles. The standard InChI is InChI=1S/C17H20N6O3S/c18-12-14-3-1-2-4-16(14)27(24,25)21-6-5-19-17-11-15(13-20-22-17)23-7-9-26-10-8-23/h1-4,11,13,21H,5-10H2,(H,19,22).